The van der Waals surface area contributed by atoms with E-state index in [1.54, 1.807) is 7.11 Å². The molecule has 0 fully saturated rings. The van der Waals surface area contributed by atoms with E-state index in [-0.39, 0.29) is 11.5 Å². The summed E-state index contributed by atoms with van der Waals surface area (Å²) in [7, 11) is 1.64. The maximum Gasteiger partial charge on any atom is 0.196 e. The molecule has 0 saturated carbocycles. The lowest BCUT2D eigenvalue weighted by Crippen LogP contribution is -2.04. The topological polar surface area (TPSA) is 57.0 Å². The number of hydrogen-bond acceptors (Lipinski definition) is 5. The van der Waals surface area contributed by atoms with Gasteiger partial charge in [-0.2, -0.15) is 0 Å². The maximum atomic E-state index is 12.5. The number of aromatic nitrogens is 3. The van der Waals surface area contributed by atoms with Crippen LogP contribution < -0.4 is 4.74 Å². The summed E-state index contributed by atoms with van der Waals surface area (Å²) in [6, 6.07) is 26.9. The van der Waals surface area contributed by atoms with E-state index in [0.29, 0.717) is 16.5 Å². The SMILES string of the molecule is COc1cccc(-c2nnc(SCC(=O)c3ccccc3)n2-c2ccccc2)c1. The Hall–Kier alpha value is -3.38. The van der Waals surface area contributed by atoms with Crippen LogP contribution in [0.3, 0.4) is 0 Å². The number of carbonyl (C=O) groups excluding carboxylic acids is 1. The molecule has 0 saturated heterocycles. The second-order valence-electron chi connectivity index (χ2n) is 6.29. The van der Waals surface area contributed by atoms with E-state index in [1.807, 2.05) is 89.5 Å². The average molecular weight is 401 g/mol. The first kappa shape index (κ1) is 19.0. The van der Waals surface area contributed by atoms with Crippen LogP contribution in [0.2, 0.25) is 0 Å². The highest BCUT2D eigenvalue weighted by Crippen LogP contribution is 2.30. The summed E-state index contributed by atoms with van der Waals surface area (Å²) in [6.07, 6.45) is 0. The Labute approximate surface area is 173 Å². The van der Waals surface area contributed by atoms with Crippen LogP contribution in [0.5, 0.6) is 5.75 Å². The van der Waals surface area contributed by atoms with Gasteiger partial charge >= 0.3 is 0 Å². The Morgan fingerprint density at radius 1 is 0.931 bits per heavy atom. The molecule has 6 heteroatoms. The monoisotopic (exact) mass is 401 g/mol. The normalized spacial score (nSPS) is 10.7. The molecule has 5 nitrogen and oxygen atoms in total. The molecule has 1 aromatic heterocycles. The molecule has 4 rings (SSSR count). The third kappa shape index (κ3) is 4.22. The Bertz CT molecular complexity index is 1110. The Morgan fingerprint density at radius 3 is 2.38 bits per heavy atom. The summed E-state index contributed by atoms with van der Waals surface area (Å²) in [5.74, 6) is 1.79. The van der Waals surface area contributed by atoms with Crippen LogP contribution in [0.25, 0.3) is 17.1 Å². The minimum absolute atomic E-state index is 0.0566. The first-order chi connectivity index (χ1) is 14.3. The van der Waals surface area contributed by atoms with Crippen LogP contribution in [-0.4, -0.2) is 33.4 Å². The molecular formula is C23H19N3O2S. The van der Waals surface area contributed by atoms with Gasteiger partial charge in [0.2, 0.25) is 0 Å². The molecule has 0 amide bonds. The summed E-state index contributed by atoms with van der Waals surface area (Å²) in [6.45, 7) is 0. The highest BCUT2D eigenvalue weighted by Gasteiger charge is 2.18. The second kappa shape index (κ2) is 8.75. The van der Waals surface area contributed by atoms with Gasteiger partial charge in [-0.3, -0.25) is 9.36 Å². The predicted octanol–water partition coefficient (Wildman–Crippen LogP) is 4.92. The second-order valence-corrected chi connectivity index (χ2v) is 7.23. The molecule has 4 aromatic rings. The number of ether oxygens (including phenoxy) is 1. The minimum Gasteiger partial charge on any atom is -0.497 e. The number of nitrogens with zero attached hydrogens (tertiary/aromatic N) is 3. The largest absolute Gasteiger partial charge is 0.497 e. The maximum absolute atomic E-state index is 12.5. The van der Waals surface area contributed by atoms with Crippen LogP contribution in [0.15, 0.2) is 90.1 Å². The van der Waals surface area contributed by atoms with Crippen LogP contribution in [0.4, 0.5) is 0 Å². The third-order valence-electron chi connectivity index (χ3n) is 4.40. The number of methoxy groups -OCH3 is 1. The average Bonchev–Trinajstić information content (AvgIpc) is 3.22. The highest BCUT2D eigenvalue weighted by atomic mass is 32.2. The zero-order valence-electron chi connectivity index (χ0n) is 15.9. The number of hydrogen-bond donors (Lipinski definition) is 0. The lowest BCUT2D eigenvalue weighted by atomic mass is 10.2. The number of Topliss-reactive ketones (excluding diaryl/α,β-unsaturated/α-hetero) is 1. The van der Waals surface area contributed by atoms with E-state index < -0.39 is 0 Å². The van der Waals surface area contributed by atoms with Crippen molar-refractivity contribution in [2.24, 2.45) is 0 Å². The lowest BCUT2D eigenvalue weighted by Gasteiger charge is -2.11. The molecule has 0 spiro atoms. The van der Waals surface area contributed by atoms with E-state index in [9.17, 15) is 4.79 Å². The van der Waals surface area contributed by atoms with Gasteiger partial charge in [-0.1, -0.05) is 72.4 Å². The van der Waals surface area contributed by atoms with Gasteiger partial charge < -0.3 is 4.74 Å². The number of ketones is 1. The molecule has 3 aromatic carbocycles. The number of thioether (sulfide) groups is 1. The number of para-hydroxylation sites is 1. The van der Waals surface area contributed by atoms with Crippen molar-refractivity contribution in [2.45, 2.75) is 5.16 Å². The molecule has 0 aliphatic heterocycles. The van der Waals surface area contributed by atoms with Crippen molar-refractivity contribution in [1.82, 2.24) is 14.8 Å². The van der Waals surface area contributed by atoms with Crippen molar-refractivity contribution in [2.75, 3.05) is 12.9 Å². The summed E-state index contributed by atoms with van der Waals surface area (Å²) >= 11 is 1.38. The van der Waals surface area contributed by atoms with Gasteiger partial charge in [0.15, 0.2) is 16.8 Å². The van der Waals surface area contributed by atoms with E-state index in [2.05, 4.69) is 10.2 Å². The summed E-state index contributed by atoms with van der Waals surface area (Å²) in [5, 5.41) is 9.45. The highest BCUT2D eigenvalue weighted by molar-refractivity contribution is 7.99. The van der Waals surface area contributed by atoms with Crippen LogP contribution in [-0.2, 0) is 0 Å². The number of benzene rings is 3. The smallest absolute Gasteiger partial charge is 0.196 e. The van der Waals surface area contributed by atoms with E-state index in [1.165, 1.54) is 11.8 Å². The van der Waals surface area contributed by atoms with Crippen molar-refractivity contribution in [3.8, 4) is 22.8 Å². The van der Waals surface area contributed by atoms with Crippen molar-refractivity contribution >= 4 is 17.5 Å². The summed E-state index contributed by atoms with van der Waals surface area (Å²) in [4.78, 5) is 12.5. The zero-order chi connectivity index (χ0) is 20.1. The first-order valence-electron chi connectivity index (χ1n) is 9.12. The predicted molar refractivity (Wildman–Crippen MR) is 115 cm³/mol. The van der Waals surface area contributed by atoms with Gasteiger partial charge in [-0.25, -0.2) is 0 Å². The Balaban J connectivity index is 1.69. The number of rotatable bonds is 7. The van der Waals surface area contributed by atoms with Crippen molar-refractivity contribution < 1.29 is 9.53 Å². The quantitative estimate of drug-likeness (QED) is 0.325. The van der Waals surface area contributed by atoms with Crippen LogP contribution in [0, 0.1) is 0 Å². The summed E-state index contributed by atoms with van der Waals surface area (Å²) in [5.41, 5.74) is 2.52. The minimum atomic E-state index is 0.0566. The van der Waals surface area contributed by atoms with Gasteiger partial charge in [-0.15, -0.1) is 10.2 Å². The van der Waals surface area contributed by atoms with Gasteiger partial charge in [0, 0.05) is 16.8 Å². The molecular weight excluding hydrogens is 382 g/mol. The third-order valence-corrected chi connectivity index (χ3v) is 5.33. The first-order valence-corrected chi connectivity index (χ1v) is 10.1. The summed E-state index contributed by atoms with van der Waals surface area (Å²) < 4.78 is 7.32. The fourth-order valence-corrected chi connectivity index (χ4v) is 3.81. The van der Waals surface area contributed by atoms with Gasteiger partial charge in [0.05, 0.1) is 12.9 Å². The standard InChI is InChI=1S/C23H19N3O2S/c1-28-20-14-8-11-18(15-20)22-24-25-23(26(22)19-12-6-3-7-13-19)29-16-21(27)17-9-4-2-5-10-17/h2-15H,16H2,1H3. The van der Waals surface area contributed by atoms with Crippen LogP contribution in [0.1, 0.15) is 10.4 Å². The van der Waals surface area contributed by atoms with Gasteiger partial charge in [-0.05, 0) is 24.3 Å². The molecule has 0 aliphatic rings. The molecule has 0 bridgehead atoms. The Morgan fingerprint density at radius 2 is 1.66 bits per heavy atom. The lowest BCUT2D eigenvalue weighted by molar-refractivity contribution is 0.102. The van der Waals surface area contributed by atoms with Crippen molar-refractivity contribution in [3.05, 3.63) is 90.5 Å². The fraction of sp³-hybridized carbons (Fsp3) is 0.0870. The zero-order valence-corrected chi connectivity index (χ0v) is 16.7. The van der Waals surface area contributed by atoms with Crippen LogP contribution >= 0.6 is 11.8 Å². The van der Waals surface area contributed by atoms with E-state index in [4.69, 9.17) is 4.74 Å². The van der Waals surface area contributed by atoms with Gasteiger partial charge in [0.1, 0.15) is 5.75 Å². The molecule has 0 atom stereocenters. The van der Waals surface area contributed by atoms with Gasteiger partial charge in [0.25, 0.3) is 0 Å². The van der Waals surface area contributed by atoms with Crippen molar-refractivity contribution in [1.29, 1.82) is 0 Å². The molecule has 0 radical (unpaired) electrons. The van der Waals surface area contributed by atoms with Crippen molar-refractivity contribution in [3.63, 3.8) is 0 Å². The molecule has 0 aliphatic carbocycles. The molecule has 0 N–H and O–H groups in total. The van der Waals surface area contributed by atoms with E-state index >= 15 is 0 Å². The molecule has 0 unspecified atom stereocenters. The Kier molecular flexibility index (Phi) is 5.72. The molecule has 1 heterocycles. The molecule has 29 heavy (non-hydrogen) atoms. The molecule has 144 valence electrons. The fourth-order valence-electron chi connectivity index (χ4n) is 2.96. The van der Waals surface area contributed by atoms with E-state index in [0.717, 1.165) is 17.0 Å². The number of carbonyl (C=O) groups is 1.